The van der Waals surface area contributed by atoms with Gasteiger partial charge in [0.25, 0.3) is 11.8 Å². The summed E-state index contributed by atoms with van der Waals surface area (Å²) < 4.78 is 7.14. The Kier molecular flexibility index (Phi) is 3.63. The van der Waals surface area contributed by atoms with E-state index in [1.807, 2.05) is 9.80 Å². The molecule has 1 aromatic rings. The molecule has 1 atom stereocenters. The maximum Gasteiger partial charge on any atom is 0.257 e. The van der Waals surface area contributed by atoms with Gasteiger partial charge in [0, 0.05) is 40.0 Å². The molecule has 24 heavy (non-hydrogen) atoms. The molecule has 1 aromatic heterocycles. The van der Waals surface area contributed by atoms with E-state index in [0.29, 0.717) is 24.6 Å². The van der Waals surface area contributed by atoms with E-state index in [-0.39, 0.29) is 23.5 Å². The largest absolute Gasteiger partial charge is 0.369 e. The van der Waals surface area contributed by atoms with Gasteiger partial charge in [0.1, 0.15) is 0 Å². The standard InChI is InChI=1S/C17H24N4O3/c1-19-11-13(9-18-19)15(22)20-7-5-17(6-8-20)14(24-2)16(23)21(17)10-12-3-4-12/h9,11-12,14H,3-8,10H2,1-2H3. The van der Waals surface area contributed by atoms with Crippen molar-refractivity contribution in [1.29, 1.82) is 0 Å². The SMILES string of the molecule is COC1C(=O)N(CC2CC2)C12CCN(C(=O)c1cnn(C)c1)CC2. The number of ether oxygens (including phenoxy) is 1. The number of aromatic nitrogens is 2. The van der Waals surface area contributed by atoms with E-state index in [1.54, 1.807) is 31.2 Å². The Morgan fingerprint density at radius 3 is 2.62 bits per heavy atom. The van der Waals surface area contributed by atoms with Gasteiger partial charge in [-0.3, -0.25) is 14.3 Å². The molecule has 1 spiro atoms. The minimum Gasteiger partial charge on any atom is -0.369 e. The lowest BCUT2D eigenvalue weighted by Gasteiger charge is -2.59. The average Bonchev–Trinajstić information content (AvgIpc) is 3.32. The van der Waals surface area contributed by atoms with E-state index in [2.05, 4.69) is 5.10 Å². The quantitative estimate of drug-likeness (QED) is 0.760. The molecule has 2 aliphatic heterocycles. The lowest BCUT2D eigenvalue weighted by atomic mass is 9.72. The first-order valence-corrected chi connectivity index (χ1v) is 8.67. The summed E-state index contributed by atoms with van der Waals surface area (Å²) in [5, 5.41) is 4.07. The Balaban J connectivity index is 1.45. The summed E-state index contributed by atoms with van der Waals surface area (Å²) >= 11 is 0. The molecule has 130 valence electrons. The second-order valence-electron chi connectivity index (χ2n) is 7.31. The van der Waals surface area contributed by atoms with Gasteiger partial charge in [0.2, 0.25) is 0 Å². The summed E-state index contributed by atoms with van der Waals surface area (Å²) in [6.45, 7) is 2.17. The van der Waals surface area contributed by atoms with Crippen molar-refractivity contribution in [3.05, 3.63) is 18.0 Å². The fraction of sp³-hybridized carbons (Fsp3) is 0.706. The summed E-state index contributed by atoms with van der Waals surface area (Å²) in [4.78, 5) is 28.9. The fourth-order valence-corrected chi connectivity index (χ4v) is 4.16. The summed E-state index contributed by atoms with van der Waals surface area (Å²) in [6.07, 6.45) is 7.04. The molecule has 7 nitrogen and oxygen atoms in total. The van der Waals surface area contributed by atoms with Crippen LogP contribution in [0.2, 0.25) is 0 Å². The van der Waals surface area contributed by atoms with E-state index in [9.17, 15) is 9.59 Å². The predicted octanol–water partition coefficient (Wildman–Crippen LogP) is 0.662. The first-order chi connectivity index (χ1) is 11.5. The molecule has 2 amide bonds. The van der Waals surface area contributed by atoms with Crippen molar-refractivity contribution in [2.75, 3.05) is 26.7 Å². The Labute approximate surface area is 141 Å². The number of aryl methyl sites for hydroxylation is 1. The van der Waals surface area contributed by atoms with Crippen LogP contribution in [0.4, 0.5) is 0 Å². The van der Waals surface area contributed by atoms with Crippen molar-refractivity contribution in [2.24, 2.45) is 13.0 Å². The molecule has 0 N–H and O–H groups in total. The zero-order chi connectivity index (χ0) is 16.9. The third-order valence-corrected chi connectivity index (χ3v) is 5.76. The molecule has 3 aliphatic rings. The number of rotatable bonds is 4. The van der Waals surface area contributed by atoms with E-state index < -0.39 is 0 Å². The maximum absolute atomic E-state index is 12.6. The van der Waals surface area contributed by atoms with Crippen LogP contribution in [0, 0.1) is 5.92 Å². The number of methoxy groups -OCH3 is 1. The molecule has 3 fully saturated rings. The van der Waals surface area contributed by atoms with Crippen molar-refractivity contribution in [2.45, 2.75) is 37.3 Å². The van der Waals surface area contributed by atoms with Gasteiger partial charge in [-0.05, 0) is 31.6 Å². The Bertz CT molecular complexity index is 659. The van der Waals surface area contributed by atoms with Crippen LogP contribution >= 0.6 is 0 Å². The van der Waals surface area contributed by atoms with Gasteiger partial charge in [-0.25, -0.2) is 0 Å². The number of nitrogens with zero attached hydrogens (tertiary/aromatic N) is 4. The zero-order valence-electron chi connectivity index (χ0n) is 14.3. The Hall–Kier alpha value is -1.89. The average molecular weight is 332 g/mol. The number of likely N-dealkylation sites (tertiary alicyclic amines) is 2. The van der Waals surface area contributed by atoms with Crippen LogP contribution in [0.25, 0.3) is 0 Å². The molecule has 2 saturated heterocycles. The Morgan fingerprint density at radius 2 is 2.08 bits per heavy atom. The first-order valence-electron chi connectivity index (χ1n) is 8.67. The molecule has 0 aromatic carbocycles. The smallest absolute Gasteiger partial charge is 0.257 e. The second-order valence-corrected chi connectivity index (χ2v) is 7.31. The zero-order valence-corrected chi connectivity index (χ0v) is 14.3. The Morgan fingerprint density at radius 1 is 1.38 bits per heavy atom. The summed E-state index contributed by atoms with van der Waals surface area (Å²) in [7, 11) is 3.42. The molecule has 0 bridgehead atoms. The van der Waals surface area contributed by atoms with Crippen LogP contribution in [0.1, 0.15) is 36.0 Å². The van der Waals surface area contributed by atoms with Gasteiger partial charge in [0.15, 0.2) is 6.10 Å². The molecular weight excluding hydrogens is 308 g/mol. The predicted molar refractivity (Wildman–Crippen MR) is 86.3 cm³/mol. The van der Waals surface area contributed by atoms with Crippen LogP contribution in [-0.4, -0.2) is 69.8 Å². The molecule has 0 radical (unpaired) electrons. The molecule has 1 aliphatic carbocycles. The lowest BCUT2D eigenvalue weighted by molar-refractivity contribution is -0.198. The van der Waals surface area contributed by atoms with Crippen molar-refractivity contribution < 1.29 is 14.3 Å². The van der Waals surface area contributed by atoms with E-state index in [4.69, 9.17) is 4.74 Å². The lowest BCUT2D eigenvalue weighted by Crippen LogP contribution is -2.77. The first kappa shape index (κ1) is 15.6. The van der Waals surface area contributed by atoms with Gasteiger partial charge in [-0.2, -0.15) is 5.10 Å². The summed E-state index contributed by atoms with van der Waals surface area (Å²) in [5.74, 6) is 0.807. The molecule has 1 saturated carbocycles. The molecule has 7 heteroatoms. The van der Waals surface area contributed by atoms with Crippen LogP contribution in [-0.2, 0) is 16.6 Å². The molecule has 4 rings (SSSR count). The van der Waals surface area contributed by atoms with Crippen LogP contribution in [0.5, 0.6) is 0 Å². The van der Waals surface area contributed by atoms with Gasteiger partial charge in [0.05, 0.1) is 17.3 Å². The number of hydrogen-bond acceptors (Lipinski definition) is 4. The highest BCUT2D eigenvalue weighted by Gasteiger charge is 2.61. The highest BCUT2D eigenvalue weighted by Crippen LogP contribution is 2.45. The highest BCUT2D eigenvalue weighted by atomic mass is 16.5. The molecule has 3 heterocycles. The van der Waals surface area contributed by atoms with Crippen LogP contribution in [0.3, 0.4) is 0 Å². The van der Waals surface area contributed by atoms with Crippen molar-refractivity contribution in [1.82, 2.24) is 19.6 Å². The van der Waals surface area contributed by atoms with E-state index in [1.165, 1.54) is 12.8 Å². The molecular formula is C17H24N4O3. The third-order valence-electron chi connectivity index (χ3n) is 5.76. The van der Waals surface area contributed by atoms with Crippen LogP contribution in [0.15, 0.2) is 12.4 Å². The number of hydrogen-bond donors (Lipinski definition) is 0. The number of carbonyl (C=O) groups is 2. The minimum atomic E-state index is -0.341. The third kappa shape index (κ3) is 2.33. The summed E-state index contributed by atoms with van der Waals surface area (Å²) in [5.41, 5.74) is 0.413. The topological polar surface area (TPSA) is 67.7 Å². The maximum atomic E-state index is 12.6. The number of β-lactam (4-membered cyclic amide) rings is 1. The van der Waals surface area contributed by atoms with Crippen molar-refractivity contribution in [3.63, 3.8) is 0 Å². The second kappa shape index (κ2) is 5.58. The van der Waals surface area contributed by atoms with Gasteiger partial charge in [-0.1, -0.05) is 0 Å². The van der Waals surface area contributed by atoms with Gasteiger partial charge in [-0.15, -0.1) is 0 Å². The normalized spacial score (nSPS) is 25.9. The van der Waals surface area contributed by atoms with Crippen molar-refractivity contribution in [3.8, 4) is 0 Å². The minimum absolute atomic E-state index is 0.0197. The fourth-order valence-electron chi connectivity index (χ4n) is 4.16. The monoisotopic (exact) mass is 332 g/mol. The summed E-state index contributed by atoms with van der Waals surface area (Å²) in [6, 6.07) is 0. The number of amides is 2. The highest BCUT2D eigenvalue weighted by molar-refractivity contribution is 5.94. The van der Waals surface area contributed by atoms with Crippen molar-refractivity contribution >= 4 is 11.8 Å². The van der Waals surface area contributed by atoms with E-state index in [0.717, 1.165) is 19.4 Å². The van der Waals surface area contributed by atoms with Gasteiger partial charge < -0.3 is 14.5 Å². The number of piperidine rings is 1. The number of carbonyl (C=O) groups excluding carboxylic acids is 2. The molecule has 1 unspecified atom stereocenters. The van der Waals surface area contributed by atoms with Gasteiger partial charge >= 0.3 is 0 Å². The van der Waals surface area contributed by atoms with E-state index >= 15 is 0 Å². The van der Waals surface area contributed by atoms with Crippen LogP contribution < -0.4 is 0 Å².